The molecule has 10 heteroatoms. The maximum Gasteiger partial charge on any atom is 0.250 e. The van der Waals surface area contributed by atoms with E-state index in [1.807, 2.05) is 19.9 Å². The molecule has 150 valence electrons. The van der Waals surface area contributed by atoms with Gasteiger partial charge in [-0.2, -0.15) is 0 Å². The number of carbonyl (C=O) groups is 1. The van der Waals surface area contributed by atoms with Gasteiger partial charge >= 0.3 is 0 Å². The highest BCUT2D eigenvalue weighted by Gasteiger charge is 2.42. The number of hydrazine groups is 1. The minimum atomic E-state index is -3.98. The monoisotopic (exact) mass is 410 g/mol. The van der Waals surface area contributed by atoms with Crippen LogP contribution in [0.25, 0.3) is 0 Å². The third-order valence-corrected chi connectivity index (χ3v) is 5.85. The fourth-order valence-electron chi connectivity index (χ4n) is 3.12. The Bertz CT molecular complexity index is 973. The van der Waals surface area contributed by atoms with Gasteiger partial charge in [-0.05, 0) is 49.2 Å². The number of carbonyl (C=O) groups excluding carboxylic acids is 1. The van der Waals surface area contributed by atoms with Gasteiger partial charge in [-0.3, -0.25) is 14.9 Å². The molecular weight excluding hydrogens is 390 g/mol. The Balaban J connectivity index is 1.78. The number of hydrogen-bond acceptors (Lipinski definition) is 5. The summed E-state index contributed by atoms with van der Waals surface area (Å²) in [5.74, 6) is -3.40. The minimum Gasteiger partial charge on any atom is -0.326 e. The molecule has 1 heterocycles. The predicted molar refractivity (Wildman–Crippen MR) is 102 cm³/mol. The first-order valence-corrected chi connectivity index (χ1v) is 10.0. The van der Waals surface area contributed by atoms with Crippen molar-refractivity contribution in [3.05, 3.63) is 59.2 Å². The molecule has 4 N–H and O–H groups in total. The van der Waals surface area contributed by atoms with Gasteiger partial charge < -0.3 is 5.32 Å². The van der Waals surface area contributed by atoms with Crippen LogP contribution in [0, 0.1) is 31.4 Å². The molecule has 28 heavy (non-hydrogen) atoms. The second-order valence-corrected chi connectivity index (χ2v) is 8.53. The lowest BCUT2D eigenvalue weighted by Gasteiger charge is -2.20. The van der Waals surface area contributed by atoms with E-state index in [0.717, 1.165) is 23.3 Å². The summed E-state index contributed by atoms with van der Waals surface area (Å²) < 4.78 is 54.7. The Morgan fingerprint density at radius 3 is 2.21 bits per heavy atom. The van der Waals surface area contributed by atoms with Crippen LogP contribution < -0.4 is 20.9 Å². The molecular formula is C18H20F2N4O3S. The van der Waals surface area contributed by atoms with Crippen molar-refractivity contribution in [1.29, 1.82) is 0 Å². The molecule has 0 bridgehead atoms. The highest BCUT2D eigenvalue weighted by Crippen LogP contribution is 2.22. The van der Waals surface area contributed by atoms with Crippen LogP contribution in [-0.2, 0) is 14.8 Å². The standard InChI is InChI=1S/C18H20F2N4O3S/c1-10-3-11(2)5-15(4-10)24-28(26,27)18-16(9-21-23-18)17(25)22-14-7-12(19)6-13(20)8-14/h3-8,16,18,21,23-24H,9H2,1-2H3,(H,22,25). The highest BCUT2D eigenvalue weighted by molar-refractivity contribution is 7.93. The van der Waals surface area contributed by atoms with Crippen LogP contribution in [0.2, 0.25) is 0 Å². The van der Waals surface area contributed by atoms with Crippen molar-refractivity contribution in [1.82, 2.24) is 10.9 Å². The van der Waals surface area contributed by atoms with E-state index in [1.165, 1.54) is 0 Å². The van der Waals surface area contributed by atoms with E-state index in [-0.39, 0.29) is 12.2 Å². The Labute approximate surface area is 161 Å². The SMILES string of the molecule is Cc1cc(C)cc(NS(=O)(=O)C2NNCC2C(=O)Nc2cc(F)cc(F)c2)c1. The van der Waals surface area contributed by atoms with E-state index < -0.39 is 38.9 Å². The zero-order chi connectivity index (χ0) is 20.5. The maximum atomic E-state index is 13.3. The first-order valence-electron chi connectivity index (χ1n) is 8.49. The van der Waals surface area contributed by atoms with Crippen LogP contribution in [0.5, 0.6) is 0 Å². The van der Waals surface area contributed by atoms with Gasteiger partial charge in [0, 0.05) is 24.0 Å². The molecule has 1 aliphatic heterocycles. The molecule has 1 fully saturated rings. The summed E-state index contributed by atoms with van der Waals surface area (Å²) in [7, 11) is -3.98. The topological polar surface area (TPSA) is 99.3 Å². The van der Waals surface area contributed by atoms with E-state index in [9.17, 15) is 22.0 Å². The van der Waals surface area contributed by atoms with Crippen molar-refractivity contribution in [3.63, 3.8) is 0 Å². The number of amides is 1. The Morgan fingerprint density at radius 2 is 1.61 bits per heavy atom. The van der Waals surface area contributed by atoms with E-state index in [1.54, 1.807) is 12.1 Å². The van der Waals surface area contributed by atoms with Crippen LogP contribution >= 0.6 is 0 Å². The van der Waals surface area contributed by atoms with Crippen molar-refractivity contribution in [2.24, 2.45) is 5.92 Å². The quantitative estimate of drug-likeness (QED) is 0.604. The molecule has 0 saturated carbocycles. The molecule has 0 spiro atoms. The number of halogens is 2. The second-order valence-electron chi connectivity index (χ2n) is 6.72. The number of aryl methyl sites for hydroxylation is 2. The molecule has 2 atom stereocenters. The lowest BCUT2D eigenvalue weighted by atomic mass is 10.1. The van der Waals surface area contributed by atoms with Gasteiger partial charge in [0.2, 0.25) is 5.91 Å². The molecule has 7 nitrogen and oxygen atoms in total. The summed E-state index contributed by atoms with van der Waals surface area (Å²) in [6, 6.07) is 7.84. The van der Waals surface area contributed by atoms with Gasteiger partial charge in [0.05, 0.1) is 5.92 Å². The molecule has 3 rings (SSSR count). The summed E-state index contributed by atoms with van der Waals surface area (Å²) >= 11 is 0. The number of benzene rings is 2. The van der Waals surface area contributed by atoms with Crippen LogP contribution in [0.1, 0.15) is 11.1 Å². The average Bonchev–Trinajstić information content (AvgIpc) is 3.02. The predicted octanol–water partition coefficient (Wildman–Crippen LogP) is 2.01. The van der Waals surface area contributed by atoms with Crippen LogP contribution in [0.15, 0.2) is 36.4 Å². The summed E-state index contributed by atoms with van der Waals surface area (Å²) in [5.41, 5.74) is 7.29. The summed E-state index contributed by atoms with van der Waals surface area (Å²) in [6.07, 6.45) is 0. The van der Waals surface area contributed by atoms with Crippen molar-refractivity contribution < 1.29 is 22.0 Å². The largest absolute Gasteiger partial charge is 0.326 e. The van der Waals surface area contributed by atoms with Gasteiger partial charge in [-0.15, -0.1) is 0 Å². The zero-order valence-corrected chi connectivity index (χ0v) is 16.0. The molecule has 0 aromatic heterocycles. The molecule has 2 aromatic rings. The van der Waals surface area contributed by atoms with E-state index in [4.69, 9.17) is 0 Å². The fourth-order valence-corrected chi connectivity index (χ4v) is 4.59. The Kier molecular flexibility index (Phi) is 5.64. The maximum absolute atomic E-state index is 13.3. The van der Waals surface area contributed by atoms with Gasteiger partial charge in [-0.1, -0.05) is 6.07 Å². The highest BCUT2D eigenvalue weighted by atomic mass is 32.2. The molecule has 2 unspecified atom stereocenters. The number of hydrogen-bond donors (Lipinski definition) is 4. The smallest absolute Gasteiger partial charge is 0.250 e. The first kappa shape index (κ1) is 20.2. The van der Waals surface area contributed by atoms with Gasteiger partial charge in [0.25, 0.3) is 10.0 Å². The summed E-state index contributed by atoms with van der Waals surface area (Å²) in [4.78, 5) is 12.5. The first-order chi connectivity index (χ1) is 13.1. The third kappa shape index (κ3) is 4.64. The molecule has 1 saturated heterocycles. The summed E-state index contributed by atoms with van der Waals surface area (Å²) in [5, 5.41) is 1.09. The number of anilines is 2. The Hall–Kier alpha value is -2.56. The van der Waals surface area contributed by atoms with Crippen LogP contribution in [0.4, 0.5) is 20.2 Å². The van der Waals surface area contributed by atoms with Crippen LogP contribution in [0.3, 0.4) is 0 Å². The van der Waals surface area contributed by atoms with E-state index in [0.29, 0.717) is 11.8 Å². The molecule has 1 aliphatic rings. The van der Waals surface area contributed by atoms with Crippen molar-refractivity contribution in [2.75, 3.05) is 16.6 Å². The van der Waals surface area contributed by atoms with Gasteiger partial charge in [0.15, 0.2) is 5.37 Å². The summed E-state index contributed by atoms with van der Waals surface area (Å²) in [6.45, 7) is 3.71. The molecule has 2 aromatic carbocycles. The van der Waals surface area contributed by atoms with Crippen molar-refractivity contribution >= 4 is 27.3 Å². The molecule has 0 radical (unpaired) electrons. The Morgan fingerprint density at radius 1 is 1.00 bits per heavy atom. The number of nitrogens with one attached hydrogen (secondary N) is 4. The normalized spacial score (nSPS) is 19.4. The van der Waals surface area contributed by atoms with Crippen LogP contribution in [-0.4, -0.2) is 26.2 Å². The number of sulfonamides is 1. The second kappa shape index (κ2) is 7.82. The molecule has 0 aliphatic carbocycles. The molecule has 1 amide bonds. The average molecular weight is 410 g/mol. The third-order valence-electron chi connectivity index (χ3n) is 4.21. The fraction of sp³-hybridized carbons (Fsp3) is 0.278. The van der Waals surface area contributed by atoms with Gasteiger partial charge in [-0.25, -0.2) is 22.6 Å². The van der Waals surface area contributed by atoms with Crippen molar-refractivity contribution in [3.8, 4) is 0 Å². The minimum absolute atomic E-state index is 0.0298. The lowest BCUT2D eigenvalue weighted by Crippen LogP contribution is -2.45. The van der Waals surface area contributed by atoms with E-state index in [2.05, 4.69) is 20.9 Å². The van der Waals surface area contributed by atoms with Gasteiger partial charge in [0.1, 0.15) is 11.6 Å². The zero-order valence-electron chi connectivity index (χ0n) is 15.2. The number of rotatable bonds is 5. The van der Waals surface area contributed by atoms with Crippen molar-refractivity contribution in [2.45, 2.75) is 19.2 Å². The lowest BCUT2D eigenvalue weighted by molar-refractivity contribution is -0.119. The van der Waals surface area contributed by atoms with E-state index >= 15 is 0 Å².